The van der Waals surface area contributed by atoms with Gasteiger partial charge in [0.1, 0.15) is 11.5 Å². The van der Waals surface area contributed by atoms with E-state index < -0.39 is 4.92 Å². The molecule has 0 aliphatic heterocycles. The first-order valence-corrected chi connectivity index (χ1v) is 6.22. The van der Waals surface area contributed by atoms with Crippen LogP contribution in [0.1, 0.15) is 19.5 Å². The number of pyridine rings is 1. The third-order valence-electron chi connectivity index (χ3n) is 2.75. The number of rotatable bonds is 6. The van der Waals surface area contributed by atoms with Gasteiger partial charge in [0, 0.05) is 19.2 Å². The number of anilines is 1. The summed E-state index contributed by atoms with van der Waals surface area (Å²) in [4.78, 5) is 16.6. The minimum atomic E-state index is -0.415. The molecule has 0 aromatic carbocycles. The van der Waals surface area contributed by atoms with Crippen molar-refractivity contribution in [1.29, 1.82) is 0 Å². The molecule has 0 aliphatic rings. The maximum absolute atomic E-state index is 10.7. The molecule has 1 heterocycles. The Kier molecular flexibility index (Phi) is 4.83. The van der Waals surface area contributed by atoms with Crippen molar-refractivity contribution in [2.24, 2.45) is 5.41 Å². The Morgan fingerprint density at radius 3 is 2.53 bits per heavy atom. The fourth-order valence-corrected chi connectivity index (χ4v) is 2.09. The summed E-state index contributed by atoms with van der Waals surface area (Å²) in [5.74, 6) is 0.676. The summed E-state index contributed by atoms with van der Waals surface area (Å²) in [6, 6.07) is 3.14. The molecule has 0 fully saturated rings. The molecule has 0 bridgehead atoms. The lowest BCUT2D eigenvalue weighted by Gasteiger charge is -2.28. The molecule has 1 aromatic heterocycles. The third kappa shape index (κ3) is 4.82. The Labute approximate surface area is 114 Å². The maximum atomic E-state index is 10.7. The van der Waals surface area contributed by atoms with Gasteiger partial charge in [0.25, 0.3) is 5.69 Å². The summed E-state index contributed by atoms with van der Waals surface area (Å²) in [6.07, 6.45) is 0. The molecular weight excluding hydrogens is 244 g/mol. The fraction of sp³-hybridized carbons (Fsp3) is 0.615. The summed E-state index contributed by atoms with van der Waals surface area (Å²) < 4.78 is 0. The predicted molar refractivity (Wildman–Crippen MR) is 76.5 cm³/mol. The number of nitro groups is 1. The van der Waals surface area contributed by atoms with Gasteiger partial charge in [-0.1, -0.05) is 13.8 Å². The second kappa shape index (κ2) is 5.97. The predicted octanol–water partition coefficient (Wildman–Crippen LogP) is 2.30. The van der Waals surface area contributed by atoms with Crippen LogP contribution >= 0.6 is 0 Å². The molecule has 0 amide bonds. The average Bonchev–Trinajstić information content (AvgIpc) is 2.24. The minimum Gasteiger partial charge on any atom is -0.369 e. The van der Waals surface area contributed by atoms with E-state index in [0.29, 0.717) is 11.5 Å². The zero-order valence-electron chi connectivity index (χ0n) is 12.2. The van der Waals surface area contributed by atoms with Crippen LogP contribution in [-0.2, 0) is 0 Å². The third-order valence-corrected chi connectivity index (χ3v) is 2.75. The van der Waals surface area contributed by atoms with Crippen molar-refractivity contribution in [2.45, 2.75) is 20.8 Å². The lowest BCUT2D eigenvalue weighted by molar-refractivity contribution is -0.385. The average molecular weight is 266 g/mol. The highest BCUT2D eigenvalue weighted by molar-refractivity contribution is 5.44. The van der Waals surface area contributed by atoms with Gasteiger partial charge in [-0.05, 0) is 32.5 Å². The van der Waals surface area contributed by atoms with Crippen LogP contribution in [-0.4, -0.2) is 42.0 Å². The number of nitrogens with one attached hydrogen (secondary N) is 1. The quantitative estimate of drug-likeness (QED) is 0.632. The van der Waals surface area contributed by atoms with Gasteiger partial charge in [-0.2, -0.15) is 0 Å². The number of hydrogen-bond donors (Lipinski definition) is 1. The van der Waals surface area contributed by atoms with Gasteiger partial charge in [-0.25, -0.2) is 4.98 Å². The van der Waals surface area contributed by atoms with Crippen molar-refractivity contribution >= 4 is 11.5 Å². The van der Waals surface area contributed by atoms with E-state index in [9.17, 15) is 10.1 Å². The van der Waals surface area contributed by atoms with E-state index in [2.05, 4.69) is 29.0 Å². The molecule has 0 atom stereocenters. The zero-order chi connectivity index (χ0) is 14.6. The Morgan fingerprint density at radius 2 is 2.05 bits per heavy atom. The molecule has 1 N–H and O–H groups in total. The lowest BCUT2D eigenvalue weighted by atomic mass is 9.93. The van der Waals surface area contributed by atoms with Crippen LogP contribution in [0.2, 0.25) is 0 Å². The zero-order valence-corrected chi connectivity index (χ0v) is 12.2. The lowest BCUT2D eigenvalue weighted by Crippen LogP contribution is -2.34. The van der Waals surface area contributed by atoms with Crippen LogP contribution in [0.15, 0.2) is 12.1 Å². The number of aryl methyl sites for hydroxylation is 1. The largest absolute Gasteiger partial charge is 0.369 e. The summed E-state index contributed by atoms with van der Waals surface area (Å²) in [7, 11) is 4.08. The molecule has 0 spiro atoms. The second-order valence-electron chi connectivity index (χ2n) is 5.81. The van der Waals surface area contributed by atoms with Gasteiger partial charge in [-0.15, -0.1) is 0 Å². The Hall–Kier alpha value is -1.69. The van der Waals surface area contributed by atoms with Crippen LogP contribution in [0.5, 0.6) is 0 Å². The van der Waals surface area contributed by atoms with E-state index in [4.69, 9.17) is 0 Å². The molecule has 6 nitrogen and oxygen atoms in total. The highest BCUT2D eigenvalue weighted by Gasteiger charge is 2.19. The monoisotopic (exact) mass is 266 g/mol. The van der Waals surface area contributed by atoms with Crippen molar-refractivity contribution in [3.8, 4) is 0 Å². The minimum absolute atomic E-state index is 0.0538. The van der Waals surface area contributed by atoms with E-state index in [0.717, 1.165) is 13.1 Å². The van der Waals surface area contributed by atoms with E-state index in [-0.39, 0.29) is 11.1 Å². The van der Waals surface area contributed by atoms with Gasteiger partial charge >= 0.3 is 0 Å². The van der Waals surface area contributed by atoms with Crippen LogP contribution in [0.4, 0.5) is 11.5 Å². The summed E-state index contributed by atoms with van der Waals surface area (Å²) in [5.41, 5.74) is 0.583. The number of hydrogen-bond acceptors (Lipinski definition) is 5. The maximum Gasteiger partial charge on any atom is 0.290 e. The topological polar surface area (TPSA) is 71.3 Å². The van der Waals surface area contributed by atoms with E-state index in [1.165, 1.54) is 6.07 Å². The van der Waals surface area contributed by atoms with Gasteiger partial charge in [0.05, 0.1) is 4.92 Å². The highest BCUT2D eigenvalue weighted by atomic mass is 16.6. The van der Waals surface area contributed by atoms with Crippen molar-refractivity contribution in [3.05, 3.63) is 27.9 Å². The van der Waals surface area contributed by atoms with Crippen molar-refractivity contribution < 1.29 is 4.92 Å². The smallest absolute Gasteiger partial charge is 0.290 e. The second-order valence-corrected chi connectivity index (χ2v) is 5.81. The molecule has 0 saturated carbocycles. The standard InChI is InChI=1S/C13H22N4O2/c1-10-11(17(18)19)6-7-12(15-10)14-8-13(2,3)9-16(4)5/h6-7H,8-9H2,1-5H3,(H,14,15). The van der Waals surface area contributed by atoms with Crippen molar-refractivity contribution in [3.63, 3.8) is 0 Å². The van der Waals surface area contributed by atoms with Crippen molar-refractivity contribution in [2.75, 3.05) is 32.5 Å². The normalized spacial score (nSPS) is 11.7. The van der Waals surface area contributed by atoms with Gasteiger partial charge in [-0.3, -0.25) is 10.1 Å². The first-order chi connectivity index (χ1) is 8.71. The SMILES string of the molecule is Cc1nc(NCC(C)(C)CN(C)C)ccc1[N+](=O)[O-]. The number of nitrogens with zero attached hydrogens (tertiary/aromatic N) is 3. The van der Waals surface area contributed by atoms with Crippen LogP contribution in [0.3, 0.4) is 0 Å². The molecule has 106 valence electrons. The molecule has 0 aliphatic carbocycles. The Morgan fingerprint density at radius 1 is 1.42 bits per heavy atom. The van der Waals surface area contributed by atoms with E-state index in [1.807, 2.05) is 14.1 Å². The summed E-state index contributed by atoms with van der Waals surface area (Å²) >= 11 is 0. The summed E-state index contributed by atoms with van der Waals surface area (Å²) in [5, 5.41) is 13.9. The van der Waals surface area contributed by atoms with Crippen LogP contribution < -0.4 is 5.32 Å². The molecule has 1 rings (SSSR count). The molecule has 1 aromatic rings. The molecule has 19 heavy (non-hydrogen) atoms. The van der Waals surface area contributed by atoms with Crippen LogP contribution in [0.25, 0.3) is 0 Å². The molecule has 0 unspecified atom stereocenters. The number of aromatic nitrogens is 1. The van der Waals surface area contributed by atoms with E-state index >= 15 is 0 Å². The van der Waals surface area contributed by atoms with Gasteiger partial charge < -0.3 is 10.2 Å². The Bertz CT molecular complexity index is 458. The molecule has 6 heteroatoms. The molecule has 0 saturated heterocycles. The first-order valence-electron chi connectivity index (χ1n) is 6.22. The first kappa shape index (κ1) is 15.4. The van der Waals surface area contributed by atoms with Crippen LogP contribution in [0, 0.1) is 22.5 Å². The molecule has 0 radical (unpaired) electrons. The van der Waals surface area contributed by atoms with E-state index in [1.54, 1.807) is 13.0 Å². The summed E-state index contributed by atoms with van der Waals surface area (Å²) in [6.45, 7) is 7.69. The highest BCUT2D eigenvalue weighted by Crippen LogP contribution is 2.20. The van der Waals surface area contributed by atoms with Crippen molar-refractivity contribution in [1.82, 2.24) is 9.88 Å². The molecular formula is C13H22N4O2. The van der Waals surface area contributed by atoms with Gasteiger partial charge in [0.2, 0.25) is 0 Å². The fourth-order valence-electron chi connectivity index (χ4n) is 2.09. The Balaban J connectivity index is 2.69. The van der Waals surface area contributed by atoms with Gasteiger partial charge in [0.15, 0.2) is 0 Å².